The van der Waals surface area contributed by atoms with E-state index in [4.69, 9.17) is 5.73 Å². The molecule has 0 radical (unpaired) electrons. The lowest BCUT2D eigenvalue weighted by Gasteiger charge is -2.30. The predicted molar refractivity (Wildman–Crippen MR) is 73.9 cm³/mol. The Balaban J connectivity index is 2.26. The molecule has 1 aliphatic rings. The topological polar surface area (TPSA) is 118 Å². The molecule has 2 atom stereocenters. The second kappa shape index (κ2) is 5.87. The van der Waals surface area contributed by atoms with Gasteiger partial charge in [0.25, 0.3) is 5.69 Å². The molecular formula is C13H17N3O4. The Kier molecular flexibility index (Phi) is 4.19. The summed E-state index contributed by atoms with van der Waals surface area (Å²) < 4.78 is 0. The molecule has 0 spiro atoms. The number of nitro groups is 1. The van der Waals surface area contributed by atoms with Crippen molar-refractivity contribution in [3.8, 4) is 0 Å². The van der Waals surface area contributed by atoms with Crippen LogP contribution in [0.1, 0.15) is 36.0 Å². The number of non-ortho nitro benzene ring substituents is 1. The van der Waals surface area contributed by atoms with Crippen molar-refractivity contribution in [1.29, 1.82) is 0 Å². The van der Waals surface area contributed by atoms with Gasteiger partial charge in [-0.1, -0.05) is 12.8 Å². The molecule has 1 saturated carbocycles. The van der Waals surface area contributed by atoms with E-state index < -0.39 is 10.9 Å². The van der Waals surface area contributed by atoms with Gasteiger partial charge in [-0.05, 0) is 18.9 Å². The zero-order valence-corrected chi connectivity index (χ0v) is 10.9. The maximum Gasteiger partial charge on any atom is 0.338 e. The summed E-state index contributed by atoms with van der Waals surface area (Å²) in [6, 6.07) is 3.77. The molecule has 1 aromatic rings. The Morgan fingerprint density at radius 1 is 1.40 bits per heavy atom. The summed E-state index contributed by atoms with van der Waals surface area (Å²) >= 11 is 0. The van der Waals surface area contributed by atoms with Gasteiger partial charge in [0.1, 0.15) is 0 Å². The van der Waals surface area contributed by atoms with Gasteiger partial charge in [0.05, 0.1) is 10.5 Å². The van der Waals surface area contributed by atoms with Gasteiger partial charge < -0.3 is 16.2 Å². The Hall–Kier alpha value is -2.15. The summed E-state index contributed by atoms with van der Waals surface area (Å²) in [6.07, 6.45) is 3.89. The van der Waals surface area contributed by atoms with E-state index in [1.165, 1.54) is 12.1 Å². The number of carbonyl (C=O) groups is 1. The summed E-state index contributed by atoms with van der Waals surface area (Å²) in [4.78, 5) is 21.3. The number of nitro benzene ring substituents is 1. The monoisotopic (exact) mass is 279 g/mol. The summed E-state index contributed by atoms with van der Waals surface area (Å²) in [7, 11) is 0. The molecule has 0 heterocycles. The highest BCUT2D eigenvalue weighted by atomic mass is 16.6. The minimum absolute atomic E-state index is 0.00306. The highest BCUT2D eigenvalue weighted by Crippen LogP contribution is 2.26. The number of rotatable bonds is 4. The molecule has 2 rings (SSSR count). The normalized spacial score (nSPS) is 22.2. The summed E-state index contributed by atoms with van der Waals surface area (Å²) in [5.74, 6) is -1.19. The number of hydrogen-bond acceptors (Lipinski definition) is 5. The van der Waals surface area contributed by atoms with Crippen molar-refractivity contribution in [2.45, 2.75) is 37.8 Å². The summed E-state index contributed by atoms with van der Waals surface area (Å²) in [6.45, 7) is 0. The van der Waals surface area contributed by atoms with E-state index in [0.717, 1.165) is 31.7 Å². The second-order valence-corrected chi connectivity index (χ2v) is 4.99. The maximum absolute atomic E-state index is 11.2. The average Bonchev–Trinajstić information content (AvgIpc) is 2.41. The second-order valence-electron chi connectivity index (χ2n) is 4.99. The van der Waals surface area contributed by atoms with Crippen molar-refractivity contribution in [3.63, 3.8) is 0 Å². The van der Waals surface area contributed by atoms with E-state index in [-0.39, 0.29) is 23.3 Å². The van der Waals surface area contributed by atoms with Crippen molar-refractivity contribution in [2.75, 3.05) is 5.32 Å². The van der Waals surface area contributed by atoms with Crippen LogP contribution in [-0.4, -0.2) is 28.1 Å². The fourth-order valence-corrected chi connectivity index (χ4v) is 2.49. The van der Waals surface area contributed by atoms with Crippen LogP contribution in [0.2, 0.25) is 0 Å². The zero-order valence-electron chi connectivity index (χ0n) is 10.9. The lowest BCUT2D eigenvalue weighted by molar-refractivity contribution is -0.384. The molecule has 7 heteroatoms. The van der Waals surface area contributed by atoms with Gasteiger partial charge in [-0.25, -0.2) is 4.79 Å². The molecule has 1 aromatic carbocycles. The first kappa shape index (κ1) is 14.3. The first-order chi connectivity index (χ1) is 9.49. The summed E-state index contributed by atoms with van der Waals surface area (Å²) in [5.41, 5.74) is 6.06. The molecule has 4 N–H and O–H groups in total. The first-order valence-electron chi connectivity index (χ1n) is 6.53. The van der Waals surface area contributed by atoms with Crippen LogP contribution in [0.15, 0.2) is 18.2 Å². The minimum atomic E-state index is -1.19. The molecule has 0 aliphatic heterocycles. The van der Waals surface area contributed by atoms with Gasteiger partial charge >= 0.3 is 5.97 Å². The molecule has 1 aliphatic carbocycles. The van der Waals surface area contributed by atoms with Crippen LogP contribution in [0.25, 0.3) is 0 Å². The minimum Gasteiger partial charge on any atom is -0.478 e. The molecule has 108 valence electrons. The van der Waals surface area contributed by atoms with Crippen LogP contribution < -0.4 is 11.1 Å². The number of benzene rings is 1. The Bertz CT molecular complexity index is 532. The first-order valence-corrected chi connectivity index (χ1v) is 6.53. The number of hydrogen-bond donors (Lipinski definition) is 3. The lowest BCUT2D eigenvalue weighted by Crippen LogP contribution is -2.42. The fourth-order valence-electron chi connectivity index (χ4n) is 2.49. The highest BCUT2D eigenvalue weighted by Gasteiger charge is 2.24. The maximum atomic E-state index is 11.2. The lowest BCUT2D eigenvalue weighted by atomic mass is 9.90. The van der Waals surface area contributed by atoms with Crippen molar-refractivity contribution in [3.05, 3.63) is 33.9 Å². The van der Waals surface area contributed by atoms with Gasteiger partial charge in [-0.15, -0.1) is 0 Å². The van der Waals surface area contributed by atoms with Crippen LogP contribution in [-0.2, 0) is 0 Å². The van der Waals surface area contributed by atoms with Gasteiger partial charge in [-0.2, -0.15) is 0 Å². The van der Waals surface area contributed by atoms with Crippen LogP contribution >= 0.6 is 0 Å². The Morgan fingerprint density at radius 3 is 2.70 bits per heavy atom. The SMILES string of the molecule is NC1CCCCC1Nc1ccc([N+](=O)[O-])cc1C(=O)O. The van der Waals surface area contributed by atoms with E-state index >= 15 is 0 Å². The van der Waals surface area contributed by atoms with Crippen LogP contribution in [0, 0.1) is 10.1 Å². The number of nitrogens with two attached hydrogens (primary N) is 1. The quantitative estimate of drug-likeness (QED) is 0.572. The van der Waals surface area contributed by atoms with Crippen molar-refractivity contribution in [1.82, 2.24) is 0 Å². The molecular weight excluding hydrogens is 262 g/mol. The Morgan fingerprint density at radius 2 is 2.10 bits per heavy atom. The smallest absolute Gasteiger partial charge is 0.338 e. The third-order valence-electron chi connectivity index (χ3n) is 3.60. The van der Waals surface area contributed by atoms with Crippen LogP contribution in [0.3, 0.4) is 0 Å². The van der Waals surface area contributed by atoms with Crippen LogP contribution in [0.5, 0.6) is 0 Å². The third kappa shape index (κ3) is 3.05. The summed E-state index contributed by atoms with van der Waals surface area (Å²) in [5, 5.41) is 23.0. The van der Waals surface area contributed by atoms with Gasteiger partial charge in [-0.3, -0.25) is 10.1 Å². The standard InChI is InChI=1S/C13H17N3O4/c14-10-3-1-2-4-12(10)15-11-6-5-8(16(19)20)7-9(11)13(17)18/h5-7,10,12,15H,1-4,14H2,(H,17,18). The van der Waals surface area contributed by atoms with E-state index in [2.05, 4.69) is 5.32 Å². The van der Waals surface area contributed by atoms with Crippen LogP contribution in [0.4, 0.5) is 11.4 Å². The van der Waals surface area contributed by atoms with Crippen molar-refractivity contribution < 1.29 is 14.8 Å². The molecule has 0 amide bonds. The third-order valence-corrected chi connectivity index (χ3v) is 3.60. The van der Waals surface area contributed by atoms with E-state index in [1.54, 1.807) is 0 Å². The predicted octanol–water partition coefficient (Wildman–Crippen LogP) is 1.97. The molecule has 0 saturated heterocycles. The highest BCUT2D eigenvalue weighted by molar-refractivity contribution is 5.95. The number of anilines is 1. The molecule has 20 heavy (non-hydrogen) atoms. The van der Waals surface area contributed by atoms with E-state index in [0.29, 0.717) is 5.69 Å². The Labute approximate surface area is 115 Å². The van der Waals surface area contributed by atoms with Gasteiger partial charge in [0.2, 0.25) is 0 Å². The molecule has 7 nitrogen and oxygen atoms in total. The number of carboxylic acid groups (broad SMARTS) is 1. The molecule has 2 unspecified atom stereocenters. The fraction of sp³-hybridized carbons (Fsp3) is 0.462. The average molecular weight is 279 g/mol. The van der Waals surface area contributed by atoms with E-state index in [9.17, 15) is 20.0 Å². The number of carboxylic acids is 1. The molecule has 1 fully saturated rings. The van der Waals surface area contributed by atoms with Crippen molar-refractivity contribution >= 4 is 17.3 Å². The largest absolute Gasteiger partial charge is 0.478 e. The van der Waals surface area contributed by atoms with Gasteiger partial charge in [0, 0.05) is 29.9 Å². The number of nitrogens with one attached hydrogen (secondary N) is 1. The van der Waals surface area contributed by atoms with E-state index in [1.807, 2.05) is 0 Å². The van der Waals surface area contributed by atoms with Gasteiger partial charge in [0.15, 0.2) is 0 Å². The molecule has 0 aromatic heterocycles. The zero-order chi connectivity index (χ0) is 14.7. The molecule has 0 bridgehead atoms. The number of nitrogens with zero attached hydrogens (tertiary/aromatic N) is 1. The number of aromatic carboxylic acids is 1. The van der Waals surface area contributed by atoms with Crippen molar-refractivity contribution in [2.24, 2.45) is 5.73 Å².